The maximum absolute atomic E-state index is 13.0. The molecule has 0 unspecified atom stereocenters. The minimum Gasteiger partial charge on any atom is -0.345 e. The van der Waals surface area contributed by atoms with Crippen molar-refractivity contribution in [3.05, 3.63) is 18.2 Å². The molecule has 1 aliphatic carbocycles. The number of piperazine rings is 1. The molecule has 4 nitrogen and oxygen atoms in total. The van der Waals surface area contributed by atoms with Crippen molar-refractivity contribution in [2.75, 3.05) is 37.3 Å². The normalized spacial score (nSPS) is 23.0. The molecule has 1 saturated carbocycles. The topological polar surface area (TPSA) is 36.4 Å². The molecule has 2 fully saturated rings. The van der Waals surface area contributed by atoms with E-state index in [-0.39, 0.29) is 5.92 Å². The second-order valence-electron chi connectivity index (χ2n) is 8.50. The Bertz CT molecular complexity index is 821. The average molecular weight is 432 g/mol. The summed E-state index contributed by atoms with van der Waals surface area (Å²) in [5.74, 6) is 1.54. The van der Waals surface area contributed by atoms with E-state index >= 15 is 0 Å². The van der Waals surface area contributed by atoms with Gasteiger partial charge in [-0.25, -0.2) is 4.98 Å². The number of hydrogen-bond donors (Lipinski definition) is 0. The first-order chi connectivity index (χ1) is 14.2. The number of amides is 1. The number of benzene rings is 1. The smallest absolute Gasteiger partial charge is 0.225 e. The van der Waals surface area contributed by atoms with E-state index in [0.29, 0.717) is 5.91 Å². The molecular formula is C23H33N3OS2. The lowest BCUT2D eigenvalue weighted by Crippen LogP contribution is -2.50. The van der Waals surface area contributed by atoms with Crippen LogP contribution in [0.1, 0.15) is 51.9 Å². The van der Waals surface area contributed by atoms with Crippen molar-refractivity contribution < 1.29 is 4.79 Å². The highest BCUT2D eigenvalue weighted by molar-refractivity contribution is 7.98. The number of thiazole rings is 1. The summed E-state index contributed by atoms with van der Waals surface area (Å²) < 4.78 is 1.25. The second-order valence-corrected chi connectivity index (χ2v) is 10.4. The van der Waals surface area contributed by atoms with E-state index in [1.54, 1.807) is 23.1 Å². The zero-order valence-electron chi connectivity index (χ0n) is 17.7. The van der Waals surface area contributed by atoms with Crippen LogP contribution in [0.2, 0.25) is 0 Å². The largest absolute Gasteiger partial charge is 0.345 e. The molecule has 2 heterocycles. The summed E-state index contributed by atoms with van der Waals surface area (Å²) >= 11 is 3.55. The Morgan fingerprint density at radius 1 is 1.17 bits per heavy atom. The van der Waals surface area contributed by atoms with E-state index in [0.717, 1.165) is 55.6 Å². The van der Waals surface area contributed by atoms with Gasteiger partial charge in [0.05, 0.1) is 10.2 Å². The molecule has 6 heteroatoms. The molecule has 0 spiro atoms. The Kier molecular flexibility index (Phi) is 7.01. The van der Waals surface area contributed by atoms with Gasteiger partial charge in [0.15, 0.2) is 5.13 Å². The zero-order chi connectivity index (χ0) is 20.2. The highest BCUT2D eigenvalue weighted by Gasteiger charge is 2.31. The van der Waals surface area contributed by atoms with Crippen molar-refractivity contribution in [2.45, 2.75) is 56.8 Å². The molecule has 1 aromatic heterocycles. The average Bonchev–Trinajstić information content (AvgIpc) is 3.21. The lowest BCUT2D eigenvalue weighted by Gasteiger charge is -2.37. The number of aromatic nitrogens is 1. The van der Waals surface area contributed by atoms with Crippen LogP contribution in [0, 0.1) is 11.8 Å². The summed E-state index contributed by atoms with van der Waals surface area (Å²) in [6.45, 7) is 5.73. The molecule has 0 bridgehead atoms. The van der Waals surface area contributed by atoms with Crippen LogP contribution < -0.4 is 4.90 Å². The predicted molar refractivity (Wildman–Crippen MR) is 125 cm³/mol. The van der Waals surface area contributed by atoms with Crippen molar-refractivity contribution in [1.29, 1.82) is 0 Å². The van der Waals surface area contributed by atoms with E-state index in [4.69, 9.17) is 4.98 Å². The number of nitrogens with zero attached hydrogens (tertiary/aromatic N) is 3. The maximum Gasteiger partial charge on any atom is 0.225 e. The van der Waals surface area contributed by atoms with E-state index in [9.17, 15) is 4.79 Å². The van der Waals surface area contributed by atoms with Gasteiger partial charge >= 0.3 is 0 Å². The number of carbonyl (C=O) groups is 1. The van der Waals surface area contributed by atoms with Gasteiger partial charge in [0.25, 0.3) is 0 Å². The van der Waals surface area contributed by atoms with Gasteiger partial charge in [-0.2, -0.15) is 0 Å². The molecule has 1 saturated heterocycles. The molecule has 4 rings (SSSR count). The molecule has 0 N–H and O–H groups in total. The quantitative estimate of drug-likeness (QED) is 0.553. The standard InChI is InChI=1S/C23H33N3OS2/c1-3-4-5-17-6-8-18(9-7-17)22(27)25-12-14-26(15-13-25)23-24-20-11-10-19(28-2)16-21(20)29-23/h10-11,16-18H,3-9,12-15H2,1-2H3. The molecule has 1 aliphatic heterocycles. The summed E-state index contributed by atoms with van der Waals surface area (Å²) in [5, 5.41) is 1.10. The van der Waals surface area contributed by atoms with Gasteiger partial charge in [0.1, 0.15) is 0 Å². The predicted octanol–water partition coefficient (Wildman–Crippen LogP) is 5.66. The van der Waals surface area contributed by atoms with Crippen LogP contribution in [0.4, 0.5) is 5.13 Å². The number of unbranched alkanes of at least 4 members (excludes halogenated alkanes) is 1. The van der Waals surface area contributed by atoms with Crippen molar-refractivity contribution >= 4 is 44.4 Å². The van der Waals surface area contributed by atoms with Crippen molar-refractivity contribution in [3.8, 4) is 0 Å². The number of carbonyl (C=O) groups excluding carboxylic acids is 1. The van der Waals surface area contributed by atoms with Gasteiger partial charge in [-0.05, 0) is 56.1 Å². The van der Waals surface area contributed by atoms with Gasteiger partial charge in [-0.1, -0.05) is 37.5 Å². The molecule has 0 atom stereocenters. The van der Waals surface area contributed by atoms with Crippen LogP contribution in [0.3, 0.4) is 0 Å². The monoisotopic (exact) mass is 431 g/mol. The van der Waals surface area contributed by atoms with Crippen LogP contribution in [0.15, 0.2) is 23.1 Å². The Hall–Kier alpha value is -1.27. The van der Waals surface area contributed by atoms with Crippen LogP contribution in [-0.2, 0) is 4.79 Å². The first-order valence-corrected chi connectivity index (χ1v) is 13.2. The third kappa shape index (κ3) is 4.91. The van der Waals surface area contributed by atoms with E-state index < -0.39 is 0 Å². The molecule has 158 valence electrons. The Morgan fingerprint density at radius 2 is 1.93 bits per heavy atom. The summed E-state index contributed by atoms with van der Waals surface area (Å²) in [7, 11) is 0. The van der Waals surface area contributed by atoms with Gasteiger partial charge < -0.3 is 9.80 Å². The molecule has 1 amide bonds. The van der Waals surface area contributed by atoms with Crippen LogP contribution in [0.25, 0.3) is 10.2 Å². The summed E-state index contributed by atoms with van der Waals surface area (Å²) in [6.07, 6.45) is 10.8. The number of anilines is 1. The van der Waals surface area contributed by atoms with E-state index in [1.807, 2.05) is 0 Å². The second kappa shape index (κ2) is 9.69. The lowest BCUT2D eigenvalue weighted by atomic mass is 9.79. The zero-order valence-corrected chi connectivity index (χ0v) is 19.4. The van der Waals surface area contributed by atoms with Gasteiger partial charge in [-0.3, -0.25) is 4.79 Å². The SMILES string of the molecule is CCCCC1CCC(C(=O)N2CCN(c3nc4ccc(SC)cc4s3)CC2)CC1. The maximum atomic E-state index is 13.0. The Balaban J connectivity index is 1.30. The minimum atomic E-state index is 0.270. The third-order valence-electron chi connectivity index (χ3n) is 6.61. The van der Waals surface area contributed by atoms with Crippen molar-refractivity contribution in [2.24, 2.45) is 11.8 Å². The number of rotatable bonds is 6. The van der Waals surface area contributed by atoms with Gasteiger partial charge in [-0.15, -0.1) is 11.8 Å². The van der Waals surface area contributed by atoms with Crippen LogP contribution in [0.5, 0.6) is 0 Å². The van der Waals surface area contributed by atoms with Crippen molar-refractivity contribution in [1.82, 2.24) is 9.88 Å². The fourth-order valence-electron chi connectivity index (χ4n) is 4.72. The van der Waals surface area contributed by atoms with Crippen LogP contribution >= 0.6 is 23.1 Å². The third-order valence-corrected chi connectivity index (χ3v) is 8.41. The first kappa shape index (κ1) is 21.0. The molecule has 29 heavy (non-hydrogen) atoms. The Labute approximate surface area is 183 Å². The molecule has 1 aromatic carbocycles. The van der Waals surface area contributed by atoms with E-state index in [1.165, 1.54) is 41.7 Å². The van der Waals surface area contributed by atoms with Crippen LogP contribution in [-0.4, -0.2) is 48.2 Å². The molecular weight excluding hydrogens is 398 g/mol. The lowest BCUT2D eigenvalue weighted by molar-refractivity contribution is -0.137. The molecule has 2 aromatic rings. The fraction of sp³-hybridized carbons (Fsp3) is 0.652. The Morgan fingerprint density at radius 3 is 2.62 bits per heavy atom. The molecule has 0 radical (unpaired) electrons. The highest BCUT2D eigenvalue weighted by Crippen LogP contribution is 2.34. The number of hydrogen-bond acceptors (Lipinski definition) is 5. The number of fused-ring (bicyclic) bond motifs is 1. The van der Waals surface area contributed by atoms with E-state index in [2.05, 4.69) is 41.2 Å². The van der Waals surface area contributed by atoms with Gasteiger partial charge in [0, 0.05) is 37.0 Å². The van der Waals surface area contributed by atoms with Crippen molar-refractivity contribution in [3.63, 3.8) is 0 Å². The first-order valence-electron chi connectivity index (χ1n) is 11.2. The highest BCUT2D eigenvalue weighted by atomic mass is 32.2. The summed E-state index contributed by atoms with van der Waals surface area (Å²) in [5.41, 5.74) is 1.08. The molecule has 2 aliphatic rings. The van der Waals surface area contributed by atoms with Gasteiger partial charge in [0.2, 0.25) is 5.91 Å². The summed E-state index contributed by atoms with van der Waals surface area (Å²) in [4.78, 5) is 23.6. The fourth-order valence-corrected chi connectivity index (χ4v) is 6.29. The minimum absolute atomic E-state index is 0.270. The number of thioether (sulfide) groups is 1. The summed E-state index contributed by atoms with van der Waals surface area (Å²) in [6, 6.07) is 6.50.